The van der Waals surface area contributed by atoms with Crippen molar-refractivity contribution < 1.29 is 18.8 Å². The van der Waals surface area contributed by atoms with Gasteiger partial charge in [0.2, 0.25) is 0 Å². The van der Waals surface area contributed by atoms with Gasteiger partial charge in [-0.1, -0.05) is 91.1 Å². The number of esters is 1. The largest absolute Gasteiger partial charge is 0.495 e. The highest BCUT2D eigenvalue weighted by Gasteiger charge is 2.54. The Morgan fingerprint density at radius 1 is 0.757 bits per heavy atom. The van der Waals surface area contributed by atoms with Crippen molar-refractivity contribution in [2.24, 2.45) is 0 Å². The van der Waals surface area contributed by atoms with Gasteiger partial charge in [-0.25, -0.2) is 4.79 Å². The summed E-state index contributed by atoms with van der Waals surface area (Å²) in [5.74, 6) is -0.322. The van der Waals surface area contributed by atoms with Crippen LogP contribution in [0.25, 0.3) is 10.7 Å². The van der Waals surface area contributed by atoms with Crippen LogP contribution >= 0.6 is 0 Å². The van der Waals surface area contributed by atoms with E-state index >= 15 is 0 Å². The molecule has 0 N–H and O–H groups in total. The maximum absolute atomic E-state index is 12.4. The van der Waals surface area contributed by atoms with Gasteiger partial charge in [-0.2, -0.15) is 0 Å². The second kappa shape index (κ2) is 10.4. The summed E-state index contributed by atoms with van der Waals surface area (Å²) in [6.07, 6.45) is 0. The first-order valence-electron chi connectivity index (χ1n) is 13.0. The SMILES string of the molecule is CCOC(=O)c1ccc(/C(B2OC(C)(C)C(C)(C)O2)=C(\c2ccccc2)[Si](C)(C)c2ccccc2)cc1. The highest BCUT2D eigenvalue weighted by molar-refractivity contribution is 7.07. The molecular formula is C31H37BO4Si. The number of ether oxygens (including phenoxy) is 1. The predicted octanol–water partition coefficient (Wildman–Crippen LogP) is 6.56. The fourth-order valence-corrected chi connectivity index (χ4v) is 7.95. The second-order valence-electron chi connectivity index (χ2n) is 11.0. The molecule has 1 saturated heterocycles. The lowest BCUT2D eigenvalue weighted by atomic mass is 9.72. The van der Waals surface area contributed by atoms with Gasteiger partial charge in [-0.05, 0) is 68.5 Å². The van der Waals surface area contributed by atoms with Crippen molar-refractivity contribution >= 4 is 37.0 Å². The van der Waals surface area contributed by atoms with Crippen molar-refractivity contribution in [2.45, 2.75) is 58.9 Å². The molecule has 0 amide bonds. The van der Waals surface area contributed by atoms with Crippen LogP contribution in [0.5, 0.6) is 0 Å². The van der Waals surface area contributed by atoms with E-state index in [-0.39, 0.29) is 5.97 Å². The van der Waals surface area contributed by atoms with Gasteiger partial charge in [0.05, 0.1) is 23.4 Å². The van der Waals surface area contributed by atoms with Gasteiger partial charge >= 0.3 is 13.1 Å². The van der Waals surface area contributed by atoms with Crippen molar-refractivity contribution in [1.29, 1.82) is 0 Å². The van der Waals surface area contributed by atoms with Gasteiger partial charge in [-0.15, -0.1) is 0 Å². The number of benzene rings is 3. The number of hydrogen-bond donors (Lipinski definition) is 0. The number of rotatable bonds is 7. The van der Waals surface area contributed by atoms with Crippen molar-refractivity contribution in [1.82, 2.24) is 0 Å². The van der Waals surface area contributed by atoms with E-state index in [2.05, 4.69) is 95.4 Å². The van der Waals surface area contributed by atoms with Crippen LogP contribution in [0.15, 0.2) is 84.9 Å². The average Bonchev–Trinajstić information content (AvgIpc) is 3.09. The molecule has 0 bridgehead atoms. The molecule has 0 spiro atoms. The molecule has 1 fully saturated rings. The highest BCUT2D eigenvalue weighted by atomic mass is 28.3. The molecule has 0 unspecified atom stereocenters. The first-order valence-corrected chi connectivity index (χ1v) is 16.0. The van der Waals surface area contributed by atoms with E-state index in [4.69, 9.17) is 14.0 Å². The van der Waals surface area contributed by atoms with E-state index in [1.165, 1.54) is 10.4 Å². The van der Waals surface area contributed by atoms with E-state index in [9.17, 15) is 4.79 Å². The third-order valence-corrected chi connectivity index (χ3v) is 11.2. The summed E-state index contributed by atoms with van der Waals surface area (Å²) < 4.78 is 18.6. The fourth-order valence-electron chi connectivity index (χ4n) is 4.82. The minimum atomic E-state index is -2.28. The second-order valence-corrected chi connectivity index (χ2v) is 15.4. The molecule has 3 aromatic carbocycles. The Morgan fingerprint density at radius 2 is 1.24 bits per heavy atom. The summed E-state index contributed by atoms with van der Waals surface area (Å²) in [6.45, 7) is 15.2. The Morgan fingerprint density at radius 3 is 1.76 bits per heavy atom. The van der Waals surface area contributed by atoms with E-state index < -0.39 is 26.4 Å². The summed E-state index contributed by atoms with van der Waals surface area (Å²) in [7, 11) is -2.84. The minimum absolute atomic E-state index is 0.322. The lowest BCUT2D eigenvalue weighted by Gasteiger charge is -2.32. The van der Waals surface area contributed by atoms with E-state index in [1.807, 2.05) is 37.3 Å². The van der Waals surface area contributed by atoms with Crippen LogP contribution in [-0.2, 0) is 14.0 Å². The molecule has 0 atom stereocenters. The normalized spacial score (nSPS) is 17.3. The number of carbonyl (C=O) groups is 1. The Labute approximate surface area is 222 Å². The highest BCUT2D eigenvalue weighted by Crippen LogP contribution is 2.44. The molecule has 6 heteroatoms. The zero-order chi connectivity index (χ0) is 26.8. The molecule has 37 heavy (non-hydrogen) atoms. The van der Waals surface area contributed by atoms with E-state index in [0.717, 1.165) is 16.6 Å². The molecule has 1 aliphatic heterocycles. The molecule has 192 valence electrons. The lowest BCUT2D eigenvalue weighted by Crippen LogP contribution is -2.44. The summed E-state index contributed by atoms with van der Waals surface area (Å²) in [5.41, 5.74) is 2.69. The van der Waals surface area contributed by atoms with Gasteiger partial charge < -0.3 is 14.0 Å². The Bertz CT molecular complexity index is 1250. The zero-order valence-corrected chi connectivity index (χ0v) is 24.0. The molecule has 4 rings (SSSR count). The third-order valence-electron chi connectivity index (χ3n) is 7.65. The van der Waals surface area contributed by atoms with Crippen LogP contribution in [0.3, 0.4) is 0 Å². The van der Waals surface area contributed by atoms with Crippen molar-refractivity contribution in [3.63, 3.8) is 0 Å². The average molecular weight is 513 g/mol. The maximum Gasteiger partial charge on any atom is 0.495 e. The number of hydrogen-bond acceptors (Lipinski definition) is 4. The first-order chi connectivity index (χ1) is 17.5. The molecular weight excluding hydrogens is 475 g/mol. The van der Waals surface area contributed by atoms with Crippen LogP contribution in [-0.4, -0.2) is 39.0 Å². The van der Waals surface area contributed by atoms with Gasteiger partial charge in [-0.3, -0.25) is 0 Å². The summed E-state index contributed by atoms with van der Waals surface area (Å²) >= 11 is 0. The van der Waals surface area contributed by atoms with Gasteiger partial charge in [0.1, 0.15) is 8.07 Å². The van der Waals surface area contributed by atoms with Crippen LogP contribution in [0.2, 0.25) is 13.1 Å². The molecule has 4 nitrogen and oxygen atoms in total. The Balaban J connectivity index is 2.00. The smallest absolute Gasteiger partial charge is 0.462 e. The van der Waals surface area contributed by atoms with Gasteiger partial charge in [0.15, 0.2) is 0 Å². The summed E-state index contributed by atoms with van der Waals surface area (Å²) in [6, 6.07) is 28.9. The molecule has 1 aliphatic rings. The fraction of sp³-hybridized carbons (Fsp3) is 0.323. The van der Waals surface area contributed by atoms with Crippen molar-refractivity contribution in [2.75, 3.05) is 6.61 Å². The monoisotopic (exact) mass is 512 g/mol. The standard InChI is InChI=1S/C31H37BO4Si/c1-8-34-29(33)25-21-19-23(20-22-25)27(32-35-30(2,3)31(4,5)36-32)28(24-15-11-9-12-16-24)37(6,7)26-17-13-10-14-18-26/h9-22H,8H2,1-7H3/b28-27-. The molecule has 1 heterocycles. The van der Waals surface area contributed by atoms with Crippen LogP contribution < -0.4 is 5.19 Å². The lowest BCUT2D eigenvalue weighted by molar-refractivity contribution is 0.00578. The van der Waals surface area contributed by atoms with Crippen molar-refractivity contribution in [3.05, 3.63) is 102 Å². The number of carbonyl (C=O) groups excluding carboxylic acids is 1. The van der Waals surface area contributed by atoms with E-state index in [1.54, 1.807) is 0 Å². The third kappa shape index (κ3) is 5.38. The van der Waals surface area contributed by atoms with Crippen molar-refractivity contribution in [3.8, 4) is 0 Å². The maximum atomic E-state index is 12.4. The quantitative estimate of drug-likeness (QED) is 0.204. The molecule has 0 aliphatic carbocycles. The van der Waals surface area contributed by atoms with Gasteiger partial charge in [0.25, 0.3) is 0 Å². The Hall–Kier alpha value is -2.93. The van der Waals surface area contributed by atoms with Crippen LogP contribution in [0.1, 0.15) is 56.1 Å². The van der Waals surface area contributed by atoms with Crippen LogP contribution in [0, 0.1) is 0 Å². The van der Waals surface area contributed by atoms with Gasteiger partial charge in [0, 0.05) is 0 Å². The van der Waals surface area contributed by atoms with Crippen LogP contribution in [0.4, 0.5) is 0 Å². The molecule has 3 aromatic rings. The predicted molar refractivity (Wildman–Crippen MR) is 155 cm³/mol. The zero-order valence-electron chi connectivity index (χ0n) is 23.0. The molecule has 0 aromatic heterocycles. The van der Waals surface area contributed by atoms with E-state index in [0.29, 0.717) is 12.2 Å². The minimum Gasteiger partial charge on any atom is -0.462 e. The molecule has 0 radical (unpaired) electrons. The topological polar surface area (TPSA) is 44.8 Å². The summed E-state index contributed by atoms with van der Waals surface area (Å²) in [5, 5.41) is 2.58. The first kappa shape index (κ1) is 27.1. The Kier molecular flexibility index (Phi) is 7.65. The molecule has 0 saturated carbocycles. The summed E-state index contributed by atoms with van der Waals surface area (Å²) in [4.78, 5) is 12.4.